The number of nitrogens with zero attached hydrogens (tertiary/aromatic N) is 3. The van der Waals surface area contributed by atoms with Gasteiger partial charge in [0.1, 0.15) is 11.8 Å². The van der Waals surface area contributed by atoms with Gasteiger partial charge in [-0.15, -0.1) is 0 Å². The van der Waals surface area contributed by atoms with Gasteiger partial charge in [0.25, 0.3) is 5.78 Å². The number of pyridine rings is 1. The Morgan fingerprint density at radius 2 is 1.88 bits per heavy atom. The Morgan fingerprint density at radius 3 is 2.59 bits per heavy atom. The van der Waals surface area contributed by atoms with Crippen molar-refractivity contribution >= 4 is 60.1 Å². The highest BCUT2D eigenvalue weighted by atomic mass is 79.9. The molecule has 1 aliphatic heterocycles. The Morgan fingerprint density at radius 1 is 1.09 bits per heavy atom. The van der Waals surface area contributed by atoms with E-state index < -0.39 is 17.7 Å². The maximum atomic E-state index is 13.2. The first-order chi connectivity index (χ1) is 15.5. The van der Waals surface area contributed by atoms with Crippen molar-refractivity contribution in [3.05, 3.63) is 93.7 Å². The number of carbonyl (C=O) groups excluding carboxylic acids is 2. The largest absolute Gasteiger partial charge is 0.507 e. The molecule has 158 valence electrons. The lowest BCUT2D eigenvalue weighted by molar-refractivity contribution is -0.132. The number of anilines is 1. The molecule has 1 saturated heterocycles. The summed E-state index contributed by atoms with van der Waals surface area (Å²) in [4.78, 5) is 36.7. The minimum Gasteiger partial charge on any atom is -0.507 e. The van der Waals surface area contributed by atoms with E-state index in [0.717, 1.165) is 20.3 Å². The zero-order chi connectivity index (χ0) is 22.4. The number of Topliss-reactive ketones (excluding diaryl/α,β-unsaturated/α-hetero) is 1. The zero-order valence-corrected chi connectivity index (χ0v) is 19.2. The standard InChI is InChI=1S/C24H16BrN3O3S/c1-13-12-14(9-10-15(13)25)21(29)19-20(17-7-4-5-11-26-17)28(23(31)22(19)30)24-27-16-6-2-3-8-18(16)32-24/h2-12,20,29H,1H3/b21-19+. The highest BCUT2D eigenvalue weighted by molar-refractivity contribution is 9.10. The van der Waals surface area contributed by atoms with Crippen LogP contribution in [0.3, 0.4) is 0 Å². The van der Waals surface area contributed by atoms with E-state index in [9.17, 15) is 14.7 Å². The van der Waals surface area contributed by atoms with Gasteiger partial charge in [0.05, 0.1) is 21.5 Å². The number of ketones is 1. The molecule has 3 heterocycles. The van der Waals surface area contributed by atoms with Crippen molar-refractivity contribution in [2.24, 2.45) is 0 Å². The quantitative estimate of drug-likeness (QED) is 0.229. The number of para-hydroxylation sites is 1. The fourth-order valence-corrected chi connectivity index (χ4v) is 5.00. The Bertz CT molecular complexity index is 1380. The van der Waals surface area contributed by atoms with Gasteiger partial charge in [0.2, 0.25) is 0 Å². The van der Waals surface area contributed by atoms with Crippen LogP contribution in [-0.2, 0) is 9.59 Å². The van der Waals surface area contributed by atoms with E-state index in [0.29, 0.717) is 16.4 Å². The number of aliphatic hydroxyl groups is 1. The Balaban J connectivity index is 1.73. The number of hydrogen-bond acceptors (Lipinski definition) is 6. The van der Waals surface area contributed by atoms with Crippen LogP contribution >= 0.6 is 27.3 Å². The van der Waals surface area contributed by atoms with E-state index in [2.05, 4.69) is 25.9 Å². The van der Waals surface area contributed by atoms with Crippen molar-refractivity contribution in [1.82, 2.24) is 9.97 Å². The highest BCUT2D eigenvalue weighted by Gasteiger charge is 2.48. The van der Waals surface area contributed by atoms with Crippen molar-refractivity contribution < 1.29 is 14.7 Å². The number of benzene rings is 2. The Hall–Kier alpha value is -3.36. The average Bonchev–Trinajstić information content (AvgIpc) is 3.34. The van der Waals surface area contributed by atoms with E-state index >= 15 is 0 Å². The molecule has 32 heavy (non-hydrogen) atoms. The first-order valence-corrected chi connectivity index (χ1v) is 11.4. The molecule has 0 spiro atoms. The number of hydrogen-bond donors (Lipinski definition) is 1. The second-order valence-corrected chi connectivity index (χ2v) is 9.22. The van der Waals surface area contributed by atoms with Crippen molar-refractivity contribution in [3.8, 4) is 0 Å². The van der Waals surface area contributed by atoms with Gasteiger partial charge in [-0.1, -0.05) is 51.5 Å². The SMILES string of the molecule is Cc1cc(/C(O)=C2\C(=O)C(=O)N(c3nc4ccccc4s3)C2c2ccccn2)ccc1Br. The highest BCUT2D eigenvalue weighted by Crippen LogP contribution is 2.43. The summed E-state index contributed by atoms with van der Waals surface area (Å²) in [6.45, 7) is 1.89. The second-order valence-electron chi connectivity index (χ2n) is 7.35. The van der Waals surface area contributed by atoms with Crippen LogP contribution in [0.2, 0.25) is 0 Å². The van der Waals surface area contributed by atoms with Crippen molar-refractivity contribution in [2.45, 2.75) is 13.0 Å². The minimum absolute atomic E-state index is 0.00493. The summed E-state index contributed by atoms with van der Waals surface area (Å²) in [6.07, 6.45) is 1.59. The third kappa shape index (κ3) is 3.32. The van der Waals surface area contributed by atoms with E-state index in [1.807, 2.05) is 31.2 Å². The molecule has 0 aliphatic carbocycles. The number of amides is 1. The van der Waals surface area contributed by atoms with Crippen LogP contribution in [0.4, 0.5) is 5.13 Å². The Labute approximate surface area is 196 Å². The third-order valence-electron chi connectivity index (χ3n) is 5.33. The van der Waals surface area contributed by atoms with Gasteiger partial charge < -0.3 is 5.11 Å². The van der Waals surface area contributed by atoms with Gasteiger partial charge in [-0.25, -0.2) is 4.98 Å². The summed E-state index contributed by atoms with van der Waals surface area (Å²) < 4.78 is 1.78. The van der Waals surface area contributed by atoms with Gasteiger partial charge in [-0.2, -0.15) is 0 Å². The third-order valence-corrected chi connectivity index (χ3v) is 7.26. The molecule has 1 fully saturated rings. The maximum absolute atomic E-state index is 13.2. The molecule has 6 nitrogen and oxygen atoms in total. The first kappa shape index (κ1) is 20.5. The summed E-state index contributed by atoms with van der Waals surface area (Å²) in [5, 5.41) is 11.6. The predicted molar refractivity (Wildman–Crippen MR) is 128 cm³/mol. The van der Waals surface area contributed by atoms with Crippen LogP contribution < -0.4 is 4.90 Å². The van der Waals surface area contributed by atoms with Gasteiger partial charge in [0.15, 0.2) is 5.13 Å². The molecule has 4 aromatic rings. The number of aryl methyl sites for hydroxylation is 1. The fraction of sp³-hybridized carbons (Fsp3) is 0.0833. The molecule has 1 aliphatic rings. The molecule has 0 radical (unpaired) electrons. The summed E-state index contributed by atoms with van der Waals surface area (Å²) in [5.74, 6) is -1.74. The monoisotopic (exact) mass is 505 g/mol. The number of aromatic nitrogens is 2. The average molecular weight is 506 g/mol. The first-order valence-electron chi connectivity index (χ1n) is 9.79. The molecule has 1 N–H and O–H groups in total. The van der Waals surface area contributed by atoms with Crippen LogP contribution in [0.1, 0.15) is 22.9 Å². The lowest BCUT2D eigenvalue weighted by Gasteiger charge is -2.22. The van der Waals surface area contributed by atoms with Gasteiger partial charge >= 0.3 is 5.91 Å². The lowest BCUT2D eigenvalue weighted by Crippen LogP contribution is -2.29. The van der Waals surface area contributed by atoms with E-state index in [4.69, 9.17) is 0 Å². The van der Waals surface area contributed by atoms with Crippen LogP contribution in [0.5, 0.6) is 0 Å². The Kier molecular flexibility index (Phi) is 5.11. The van der Waals surface area contributed by atoms with Crippen LogP contribution in [0, 0.1) is 6.92 Å². The van der Waals surface area contributed by atoms with Gasteiger partial charge in [0, 0.05) is 16.2 Å². The van der Waals surface area contributed by atoms with Crippen molar-refractivity contribution in [1.29, 1.82) is 0 Å². The molecule has 1 atom stereocenters. The van der Waals surface area contributed by atoms with E-state index in [-0.39, 0.29) is 11.3 Å². The molecular formula is C24H16BrN3O3S. The number of halogens is 1. The van der Waals surface area contributed by atoms with Crippen molar-refractivity contribution in [2.75, 3.05) is 4.90 Å². The predicted octanol–water partition coefficient (Wildman–Crippen LogP) is 5.39. The van der Waals surface area contributed by atoms with Crippen LogP contribution in [-0.4, -0.2) is 26.8 Å². The number of rotatable bonds is 3. The van der Waals surface area contributed by atoms with Gasteiger partial charge in [-0.05, 0) is 48.9 Å². The number of carbonyl (C=O) groups is 2. The molecule has 0 saturated carbocycles. The maximum Gasteiger partial charge on any atom is 0.301 e. The molecule has 1 amide bonds. The van der Waals surface area contributed by atoms with E-state index in [1.165, 1.54) is 16.2 Å². The topological polar surface area (TPSA) is 83.4 Å². The fourth-order valence-electron chi connectivity index (χ4n) is 3.76. The minimum atomic E-state index is -0.888. The molecule has 2 aromatic carbocycles. The second kappa shape index (κ2) is 7.96. The number of thiazole rings is 1. The lowest BCUT2D eigenvalue weighted by atomic mass is 9.98. The molecule has 5 rings (SSSR count). The van der Waals surface area contributed by atoms with Crippen LogP contribution in [0.25, 0.3) is 16.0 Å². The van der Waals surface area contributed by atoms with Crippen molar-refractivity contribution in [3.63, 3.8) is 0 Å². The van der Waals surface area contributed by atoms with E-state index in [1.54, 1.807) is 42.6 Å². The summed E-state index contributed by atoms with van der Waals surface area (Å²) in [7, 11) is 0. The summed E-state index contributed by atoms with van der Waals surface area (Å²) >= 11 is 4.76. The number of fused-ring (bicyclic) bond motifs is 1. The smallest absolute Gasteiger partial charge is 0.301 e. The van der Waals surface area contributed by atoms with Crippen LogP contribution in [0.15, 0.2) is 76.9 Å². The normalized spacial score (nSPS) is 17.9. The molecule has 2 aromatic heterocycles. The van der Waals surface area contributed by atoms with Gasteiger partial charge in [-0.3, -0.25) is 19.5 Å². The summed E-state index contributed by atoms with van der Waals surface area (Å²) in [5.41, 5.74) is 2.55. The summed E-state index contributed by atoms with van der Waals surface area (Å²) in [6, 6.07) is 17.2. The molecular weight excluding hydrogens is 490 g/mol. The molecule has 0 bridgehead atoms. The number of aliphatic hydroxyl groups excluding tert-OH is 1. The molecule has 1 unspecified atom stereocenters. The molecule has 8 heteroatoms. The zero-order valence-electron chi connectivity index (χ0n) is 16.8.